The first-order valence-electron chi connectivity index (χ1n) is 6.54. The number of anilines is 1. The van der Waals surface area contributed by atoms with Crippen molar-refractivity contribution in [1.82, 2.24) is 0 Å². The number of aryl methyl sites for hydroxylation is 1. The van der Waals surface area contributed by atoms with E-state index in [1.165, 1.54) is 5.56 Å². The topological polar surface area (TPSA) is 66.6 Å². The molecule has 2 aromatic rings. The minimum atomic E-state index is -0.669. The summed E-state index contributed by atoms with van der Waals surface area (Å²) >= 11 is 0. The van der Waals surface area contributed by atoms with Crippen LogP contribution in [0.1, 0.15) is 11.1 Å². The van der Waals surface area contributed by atoms with Crippen molar-refractivity contribution in [3.63, 3.8) is 0 Å². The van der Waals surface area contributed by atoms with Gasteiger partial charge in [0.2, 0.25) is 0 Å². The predicted octanol–water partition coefficient (Wildman–Crippen LogP) is 2.27. The van der Waals surface area contributed by atoms with E-state index in [1.807, 2.05) is 43.3 Å². The molecule has 102 valence electrons. The second-order valence-electron chi connectivity index (χ2n) is 5.17. The molecule has 3 N–H and O–H groups in total. The molecule has 1 amide bonds. The van der Waals surface area contributed by atoms with Crippen LogP contribution in [0, 0.1) is 6.92 Å². The maximum Gasteiger partial charge on any atom is 0.267 e. The van der Waals surface area contributed by atoms with Crippen molar-refractivity contribution in [2.24, 2.45) is 5.73 Å². The Morgan fingerprint density at radius 2 is 1.95 bits per heavy atom. The van der Waals surface area contributed by atoms with Gasteiger partial charge in [-0.15, -0.1) is 0 Å². The Labute approximate surface area is 117 Å². The Kier molecular flexibility index (Phi) is 3.04. The van der Waals surface area contributed by atoms with Gasteiger partial charge in [-0.3, -0.25) is 10.0 Å². The summed E-state index contributed by atoms with van der Waals surface area (Å²) in [6.45, 7) is 2.03. The van der Waals surface area contributed by atoms with Crippen molar-refractivity contribution in [3.05, 3.63) is 53.6 Å². The highest BCUT2D eigenvalue weighted by molar-refractivity contribution is 5.98. The van der Waals surface area contributed by atoms with Gasteiger partial charge < -0.3 is 5.73 Å². The molecule has 0 radical (unpaired) electrons. The smallest absolute Gasteiger partial charge is 0.267 e. The summed E-state index contributed by atoms with van der Waals surface area (Å²) in [7, 11) is 0. The van der Waals surface area contributed by atoms with Gasteiger partial charge in [-0.25, -0.2) is 0 Å². The fraction of sp³-hybridized carbons (Fsp3) is 0.188. The van der Waals surface area contributed by atoms with Crippen LogP contribution in [-0.2, 0) is 11.2 Å². The molecule has 0 aromatic heterocycles. The van der Waals surface area contributed by atoms with E-state index in [0.29, 0.717) is 17.2 Å². The molecule has 3 rings (SSSR count). The van der Waals surface area contributed by atoms with Gasteiger partial charge in [-0.05, 0) is 36.1 Å². The van der Waals surface area contributed by atoms with Crippen LogP contribution in [0.5, 0.6) is 0 Å². The van der Waals surface area contributed by atoms with Crippen LogP contribution in [0.2, 0.25) is 0 Å². The summed E-state index contributed by atoms with van der Waals surface area (Å²) < 4.78 is 0. The fourth-order valence-electron chi connectivity index (χ4n) is 2.54. The predicted molar refractivity (Wildman–Crippen MR) is 77.6 cm³/mol. The van der Waals surface area contributed by atoms with Crippen molar-refractivity contribution < 1.29 is 10.0 Å². The van der Waals surface area contributed by atoms with Crippen molar-refractivity contribution in [1.29, 1.82) is 0 Å². The summed E-state index contributed by atoms with van der Waals surface area (Å²) in [5, 5.41) is 10.6. The lowest BCUT2D eigenvalue weighted by Crippen LogP contribution is -2.47. The number of carbonyl (C=O) groups is 1. The summed E-state index contributed by atoms with van der Waals surface area (Å²) in [4.78, 5) is 11.7. The normalized spacial score (nSPS) is 18.1. The second-order valence-corrected chi connectivity index (χ2v) is 5.17. The standard InChI is InChI=1S/C16H16N2O2/c1-10-3-2-4-11(7-10)12-5-6-13-8-14(17)16(19)18(20)15(13)9-12/h2-7,9,14,20H,8,17H2,1H3. The molecular weight excluding hydrogens is 252 g/mol. The Morgan fingerprint density at radius 1 is 1.20 bits per heavy atom. The summed E-state index contributed by atoms with van der Waals surface area (Å²) in [6.07, 6.45) is 0.458. The van der Waals surface area contributed by atoms with Crippen LogP contribution in [0.4, 0.5) is 5.69 Å². The number of amides is 1. The zero-order valence-corrected chi connectivity index (χ0v) is 11.2. The van der Waals surface area contributed by atoms with Crippen molar-refractivity contribution in [2.45, 2.75) is 19.4 Å². The minimum Gasteiger partial charge on any atom is -0.320 e. The van der Waals surface area contributed by atoms with E-state index in [2.05, 4.69) is 6.07 Å². The Morgan fingerprint density at radius 3 is 2.70 bits per heavy atom. The molecule has 1 aliphatic rings. The highest BCUT2D eigenvalue weighted by atomic mass is 16.5. The molecular formula is C16H16N2O2. The lowest BCUT2D eigenvalue weighted by Gasteiger charge is -2.28. The third-order valence-electron chi connectivity index (χ3n) is 3.63. The average molecular weight is 268 g/mol. The quantitative estimate of drug-likeness (QED) is 0.780. The largest absolute Gasteiger partial charge is 0.320 e. The van der Waals surface area contributed by atoms with Gasteiger partial charge in [0.05, 0.1) is 11.7 Å². The zero-order chi connectivity index (χ0) is 14.3. The number of hydrogen-bond acceptors (Lipinski definition) is 3. The summed E-state index contributed by atoms with van der Waals surface area (Å²) in [6, 6.07) is 13.2. The zero-order valence-electron chi connectivity index (χ0n) is 11.2. The maximum absolute atomic E-state index is 11.7. The Balaban J connectivity index is 2.08. The van der Waals surface area contributed by atoms with Gasteiger partial charge in [-0.1, -0.05) is 42.0 Å². The molecule has 1 aliphatic heterocycles. The van der Waals surface area contributed by atoms with Crippen LogP contribution in [0.3, 0.4) is 0 Å². The van der Waals surface area contributed by atoms with E-state index in [1.54, 1.807) is 0 Å². The van der Waals surface area contributed by atoms with Gasteiger partial charge in [-0.2, -0.15) is 5.06 Å². The molecule has 2 aromatic carbocycles. The van der Waals surface area contributed by atoms with E-state index < -0.39 is 11.9 Å². The number of hydroxylamine groups is 1. The Bertz CT molecular complexity index is 682. The third kappa shape index (κ3) is 2.09. The van der Waals surface area contributed by atoms with E-state index >= 15 is 0 Å². The van der Waals surface area contributed by atoms with Crippen molar-refractivity contribution in [3.8, 4) is 11.1 Å². The van der Waals surface area contributed by atoms with E-state index in [9.17, 15) is 10.0 Å². The van der Waals surface area contributed by atoms with Gasteiger partial charge >= 0.3 is 0 Å². The number of nitrogens with zero attached hydrogens (tertiary/aromatic N) is 1. The number of benzene rings is 2. The third-order valence-corrected chi connectivity index (χ3v) is 3.63. The lowest BCUT2D eigenvalue weighted by molar-refractivity contribution is -0.125. The first-order valence-corrected chi connectivity index (χ1v) is 6.54. The van der Waals surface area contributed by atoms with Crippen molar-refractivity contribution in [2.75, 3.05) is 5.06 Å². The van der Waals surface area contributed by atoms with Crippen LogP contribution in [0.25, 0.3) is 11.1 Å². The Hall–Kier alpha value is -2.17. The van der Waals surface area contributed by atoms with E-state index in [0.717, 1.165) is 16.7 Å². The molecule has 1 atom stereocenters. The highest BCUT2D eigenvalue weighted by Gasteiger charge is 2.29. The van der Waals surface area contributed by atoms with Crippen LogP contribution in [0.15, 0.2) is 42.5 Å². The molecule has 0 saturated heterocycles. The molecule has 4 nitrogen and oxygen atoms in total. The fourth-order valence-corrected chi connectivity index (χ4v) is 2.54. The molecule has 4 heteroatoms. The first-order chi connectivity index (χ1) is 9.56. The highest BCUT2D eigenvalue weighted by Crippen LogP contribution is 2.31. The second kappa shape index (κ2) is 4.74. The van der Waals surface area contributed by atoms with Crippen LogP contribution >= 0.6 is 0 Å². The molecule has 20 heavy (non-hydrogen) atoms. The number of rotatable bonds is 1. The molecule has 0 aliphatic carbocycles. The summed E-state index contributed by atoms with van der Waals surface area (Å²) in [5.41, 5.74) is 10.3. The molecule has 0 saturated carbocycles. The van der Waals surface area contributed by atoms with Gasteiger partial charge in [0, 0.05) is 0 Å². The molecule has 1 unspecified atom stereocenters. The monoisotopic (exact) mass is 268 g/mol. The minimum absolute atomic E-state index is 0.458. The average Bonchev–Trinajstić information content (AvgIpc) is 2.45. The molecule has 0 bridgehead atoms. The van der Waals surface area contributed by atoms with Gasteiger partial charge in [0.25, 0.3) is 5.91 Å². The lowest BCUT2D eigenvalue weighted by atomic mass is 9.95. The van der Waals surface area contributed by atoms with E-state index in [4.69, 9.17) is 5.73 Å². The van der Waals surface area contributed by atoms with Gasteiger partial charge in [0.1, 0.15) is 0 Å². The van der Waals surface area contributed by atoms with Crippen LogP contribution in [-0.4, -0.2) is 17.2 Å². The van der Waals surface area contributed by atoms with Crippen LogP contribution < -0.4 is 10.8 Å². The van der Waals surface area contributed by atoms with Gasteiger partial charge in [0.15, 0.2) is 0 Å². The number of hydrogen-bond donors (Lipinski definition) is 2. The van der Waals surface area contributed by atoms with Crippen molar-refractivity contribution >= 4 is 11.6 Å². The number of carbonyl (C=O) groups excluding carboxylic acids is 1. The number of nitrogens with two attached hydrogens (primary N) is 1. The first kappa shape index (κ1) is 12.8. The maximum atomic E-state index is 11.7. The number of fused-ring (bicyclic) bond motifs is 1. The molecule has 0 spiro atoms. The summed E-state index contributed by atoms with van der Waals surface area (Å²) in [5.74, 6) is -0.459. The molecule has 0 fully saturated rings. The molecule has 1 heterocycles. The SMILES string of the molecule is Cc1cccc(-c2ccc3c(c2)N(O)C(=O)C(N)C3)c1. The van der Waals surface area contributed by atoms with E-state index in [-0.39, 0.29) is 0 Å².